The van der Waals surface area contributed by atoms with Gasteiger partial charge in [0.25, 0.3) is 0 Å². The topological polar surface area (TPSA) is 84.4 Å². The lowest BCUT2D eigenvalue weighted by atomic mass is 10.3. The van der Waals surface area contributed by atoms with E-state index in [4.69, 9.17) is 5.84 Å². The van der Waals surface area contributed by atoms with Crippen LogP contribution in [0, 0.1) is 0 Å². The molecule has 3 heterocycles. The fourth-order valence-corrected chi connectivity index (χ4v) is 2.22. The van der Waals surface area contributed by atoms with Gasteiger partial charge in [0, 0.05) is 25.1 Å². The number of hydrogen-bond donors (Lipinski definition) is 2. The highest BCUT2D eigenvalue weighted by Crippen LogP contribution is 2.21. The summed E-state index contributed by atoms with van der Waals surface area (Å²) in [5.41, 5.74) is 4.37. The van der Waals surface area contributed by atoms with Gasteiger partial charge < -0.3 is 14.7 Å². The van der Waals surface area contributed by atoms with E-state index in [1.807, 2.05) is 28.8 Å². The van der Waals surface area contributed by atoms with Crippen LogP contribution in [0.25, 0.3) is 5.65 Å². The molecular weight excluding hydrogens is 266 g/mol. The first kappa shape index (κ1) is 13.3. The third kappa shape index (κ3) is 2.63. The van der Waals surface area contributed by atoms with Crippen LogP contribution in [-0.2, 0) is 6.54 Å². The summed E-state index contributed by atoms with van der Waals surface area (Å²) in [6.07, 6.45) is 7.21. The third-order valence-electron chi connectivity index (χ3n) is 3.26. The van der Waals surface area contributed by atoms with E-state index in [2.05, 4.69) is 32.2 Å². The van der Waals surface area contributed by atoms with Gasteiger partial charge in [-0.05, 0) is 19.1 Å². The van der Waals surface area contributed by atoms with Crippen molar-refractivity contribution in [2.24, 2.45) is 5.84 Å². The maximum Gasteiger partial charge on any atom is 0.180 e. The van der Waals surface area contributed by atoms with Crippen molar-refractivity contribution in [1.29, 1.82) is 0 Å². The molecule has 21 heavy (non-hydrogen) atoms. The van der Waals surface area contributed by atoms with E-state index >= 15 is 0 Å². The Hall–Kier alpha value is -2.67. The molecule has 7 nitrogen and oxygen atoms in total. The Kier molecular flexibility index (Phi) is 3.65. The molecule has 0 bridgehead atoms. The van der Waals surface area contributed by atoms with Gasteiger partial charge in [0.05, 0.1) is 18.4 Å². The maximum absolute atomic E-state index is 5.50. The second-order valence-corrected chi connectivity index (χ2v) is 4.59. The number of nitrogen functional groups attached to an aromatic ring is 1. The fraction of sp³-hybridized carbons (Fsp3) is 0.214. The zero-order valence-electron chi connectivity index (χ0n) is 11.8. The Bertz CT molecular complexity index is 723. The van der Waals surface area contributed by atoms with Crippen LogP contribution < -0.4 is 16.2 Å². The minimum atomic E-state index is 0.593. The van der Waals surface area contributed by atoms with E-state index in [-0.39, 0.29) is 0 Å². The molecule has 0 fully saturated rings. The van der Waals surface area contributed by atoms with E-state index < -0.39 is 0 Å². The van der Waals surface area contributed by atoms with Gasteiger partial charge in [0.15, 0.2) is 17.3 Å². The molecule has 7 heteroatoms. The summed E-state index contributed by atoms with van der Waals surface area (Å²) in [4.78, 5) is 15.4. The van der Waals surface area contributed by atoms with Gasteiger partial charge in [-0.2, -0.15) is 0 Å². The Morgan fingerprint density at radius 2 is 2.19 bits per heavy atom. The average Bonchev–Trinajstić information content (AvgIpc) is 3.01. The first-order chi connectivity index (χ1) is 10.3. The zero-order chi connectivity index (χ0) is 14.7. The number of nitrogens with one attached hydrogen (secondary N) is 1. The Morgan fingerprint density at radius 3 is 2.90 bits per heavy atom. The number of nitrogens with two attached hydrogens (primary N) is 1. The molecule has 0 saturated heterocycles. The van der Waals surface area contributed by atoms with E-state index in [1.54, 1.807) is 18.6 Å². The normalized spacial score (nSPS) is 10.8. The lowest BCUT2D eigenvalue weighted by Crippen LogP contribution is -2.25. The van der Waals surface area contributed by atoms with Crippen molar-refractivity contribution in [2.45, 2.75) is 13.5 Å². The van der Waals surface area contributed by atoms with Crippen molar-refractivity contribution in [3.8, 4) is 0 Å². The standard InChI is InChI=1S/C14H17N7/c1-2-20(9-11-5-3-4-6-16-11)14-13-17-7-8-21(13)10-12(18-14)19-15/h3-8,10,19H,2,9,15H2,1H3. The molecule has 0 amide bonds. The first-order valence-corrected chi connectivity index (χ1v) is 6.77. The molecule has 0 radical (unpaired) electrons. The monoisotopic (exact) mass is 283 g/mol. The van der Waals surface area contributed by atoms with Gasteiger partial charge in [0.2, 0.25) is 0 Å². The lowest BCUT2D eigenvalue weighted by Gasteiger charge is -2.22. The fourth-order valence-electron chi connectivity index (χ4n) is 2.22. The smallest absolute Gasteiger partial charge is 0.180 e. The van der Waals surface area contributed by atoms with Gasteiger partial charge in [-0.1, -0.05) is 6.07 Å². The van der Waals surface area contributed by atoms with Crippen molar-refractivity contribution in [2.75, 3.05) is 16.9 Å². The second-order valence-electron chi connectivity index (χ2n) is 4.59. The van der Waals surface area contributed by atoms with E-state index in [9.17, 15) is 0 Å². The number of aromatic nitrogens is 4. The van der Waals surface area contributed by atoms with Crippen LogP contribution in [0.3, 0.4) is 0 Å². The molecule has 0 spiro atoms. The van der Waals surface area contributed by atoms with Crippen molar-refractivity contribution >= 4 is 17.3 Å². The first-order valence-electron chi connectivity index (χ1n) is 6.77. The largest absolute Gasteiger partial charge is 0.348 e. The maximum atomic E-state index is 5.50. The summed E-state index contributed by atoms with van der Waals surface area (Å²) in [5.74, 6) is 6.87. The Balaban J connectivity index is 2.01. The van der Waals surface area contributed by atoms with Crippen molar-refractivity contribution in [1.82, 2.24) is 19.4 Å². The van der Waals surface area contributed by atoms with Crippen LogP contribution in [-0.4, -0.2) is 25.9 Å². The number of hydrogen-bond acceptors (Lipinski definition) is 6. The number of anilines is 2. The summed E-state index contributed by atoms with van der Waals surface area (Å²) in [5, 5.41) is 0. The Morgan fingerprint density at radius 1 is 1.29 bits per heavy atom. The number of rotatable bonds is 5. The molecule has 0 unspecified atom stereocenters. The molecule has 0 atom stereocenters. The average molecular weight is 283 g/mol. The minimum Gasteiger partial charge on any atom is -0.348 e. The summed E-state index contributed by atoms with van der Waals surface area (Å²) in [6.45, 7) is 3.54. The van der Waals surface area contributed by atoms with Crippen LogP contribution in [0.5, 0.6) is 0 Å². The molecular formula is C14H17N7. The number of nitrogens with zero attached hydrogens (tertiary/aromatic N) is 5. The van der Waals surface area contributed by atoms with Gasteiger partial charge in [-0.15, -0.1) is 0 Å². The molecule has 3 rings (SSSR count). The van der Waals surface area contributed by atoms with Crippen LogP contribution in [0.15, 0.2) is 43.0 Å². The van der Waals surface area contributed by atoms with Crippen molar-refractivity contribution in [3.63, 3.8) is 0 Å². The Labute approximate surface area is 122 Å². The zero-order valence-corrected chi connectivity index (χ0v) is 11.8. The van der Waals surface area contributed by atoms with Crippen LogP contribution in [0.4, 0.5) is 11.6 Å². The quantitative estimate of drug-likeness (QED) is 0.544. The summed E-state index contributed by atoms with van der Waals surface area (Å²) in [6, 6.07) is 5.88. The number of fused-ring (bicyclic) bond motifs is 1. The second kappa shape index (κ2) is 5.76. The molecule has 0 aliphatic heterocycles. The van der Waals surface area contributed by atoms with Gasteiger partial charge in [0.1, 0.15) is 0 Å². The van der Waals surface area contributed by atoms with Crippen molar-refractivity contribution in [3.05, 3.63) is 48.7 Å². The van der Waals surface area contributed by atoms with Crippen LogP contribution >= 0.6 is 0 Å². The summed E-state index contributed by atoms with van der Waals surface area (Å²) in [7, 11) is 0. The molecule has 0 aliphatic rings. The predicted octanol–water partition coefficient (Wildman–Crippen LogP) is 1.44. The predicted molar refractivity (Wildman–Crippen MR) is 81.8 cm³/mol. The van der Waals surface area contributed by atoms with Crippen molar-refractivity contribution < 1.29 is 0 Å². The highest BCUT2D eigenvalue weighted by molar-refractivity contribution is 5.66. The van der Waals surface area contributed by atoms with Gasteiger partial charge in [-0.25, -0.2) is 15.8 Å². The molecule has 108 valence electrons. The molecule has 0 aromatic carbocycles. The van der Waals surface area contributed by atoms with Crippen LogP contribution in [0.1, 0.15) is 12.6 Å². The number of imidazole rings is 1. The van der Waals surface area contributed by atoms with E-state index in [0.29, 0.717) is 12.4 Å². The highest BCUT2D eigenvalue weighted by atomic mass is 15.3. The molecule has 0 aliphatic carbocycles. The van der Waals surface area contributed by atoms with E-state index in [1.165, 1.54) is 0 Å². The number of pyridine rings is 1. The molecule has 3 aromatic rings. The van der Waals surface area contributed by atoms with Crippen LogP contribution in [0.2, 0.25) is 0 Å². The summed E-state index contributed by atoms with van der Waals surface area (Å²) < 4.78 is 1.90. The highest BCUT2D eigenvalue weighted by Gasteiger charge is 2.14. The van der Waals surface area contributed by atoms with Gasteiger partial charge >= 0.3 is 0 Å². The SMILES string of the molecule is CCN(Cc1ccccn1)c1nc(NN)cn2ccnc12. The lowest BCUT2D eigenvalue weighted by molar-refractivity contribution is 0.793. The van der Waals surface area contributed by atoms with Gasteiger partial charge in [-0.3, -0.25) is 4.98 Å². The number of hydrazine groups is 1. The molecule has 3 aromatic heterocycles. The third-order valence-corrected chi connectivity index (χ3v) is 3.26. The molecule has 3 N–H and O–H groups in total. The minimum absolute atomic E-state index is 0.593. The summed E-state index contributed by atoms with van der Waals surface area (Å²) >= 11 is 0. The van der Waals surface area contributed by atoms with E-state index in [0.717, 1.165) is 23.7 Å². The molecule has 0 saturated carbocycles.